The summed E-state index contributed by atoms with van der Waals surface area (Å²) in [7, 11) is -4.75. The van der Waals surface area contributed by atoms with E-state index in [1.807, 2.05) is 0 Å². The van der Waals surface area contributed by atoms with Crippen molar-refractivity contribution in [2.75, 3.05) is 0 Å². The fourth-order valence-corrected chi connectivity index (χ4v) is 0.462. The maximum Gasteiger partial charge on any atom is 0.414 e. The summed E-state index contributed by atoms with van der Waals surface area (Å²) in [6, 6.07) is 0. The molecule has 0 atom stereocenters. The van der Waals surface area contributed by atoms with Crippen molar-refractivity contribution in [3.8, 4) is 0 Å². The molecule has 0 amide bonds. The summed E-state index contributed by atoms with van der Waals surface area (Å²) in [6.07, 6.45) is 0. The van der Waals surface area contributed by atoms with Crippen molar-refractivity contribution in [1.82, 2.24) is 5.39 Å². The average molecular weight is 270 g/mol. The molecule has 1 N–H and O–H groups in total. The second-order valence-corrected chi connectivity index (χ2v) is 2.19. The molecule has 0 unspecified atom stereocenters. The van der Waals surface area contributed by atoms with Crippen LogP contribution in [-0.4, -0.2) is 18.4 Å². The van der Waals surface area contributed by atoms with Gasteiger partial charge in [0.1, 0.15) is 23.0 Å². The first-order chi connectivity index (χ1) is 3.95. The van der Waals surface area contributed by atoms with Crippen LogP contribution in [0.1, 0.15) is 0 Å². The first-order valence-electron chi connectivity index (χ1n) is 1.38. The Morgan fingerprint density at radius 1 is 1.67 bits per heavy atom. The molecular weight excluding hydrogens is 269 g/mol. The molecule has 9 heavy (non-hydrogen) atoms. The van der Waals surface area contributed by atoms with Crippen molar-refractivity contribution in [3.63, 3.8) is 0 Å². The van der Waals surface area contributed by atoms with Crippen LogP contribution in [0.5, 0.6) is 0 Å². The largest absolute Gasteiger partial charge is 0.736 e. The van der Waals surface area contributed by atoms with Gasteiger partial charge >= 0.3 is 10.4 Å². The lowest BCUT2D eigenvalue weighted by Crippen LogP contribution is -2.17. The minimum atomic E-state index is -4.75. The van der Waals surface area contributed by atoms with E-state index >= 15 is 0 Å². The van der Waals surface area contributed by atoms with Gasteiger partial charge in [0.15, 0.2) is 0 Å². The van der Waals surface area contributed by atoms with Crippen molar-refractivity contribution in [1.29, 1.82) is 0 Å². The molecule has 9 heteroatoms. The Morgan fingerprint density at radius 3 is 2.22 bits per heavy atom. The van der Waals surface area contributed by atoms with E-state index in [0.717, 1.165) is 23.0 Å². The van der Waals surface area contributed by atoms with Crippen molar-refractivity contribution < 1.29 is 20.4 Å². The minimum absolute atomic E-state index is 0.768. The molecule has 56 valence electrons. The molecule has 0 bridgehead atoms. The Bertz CT molecular complexity index is 160. The van der Waals surface area contributed by atoms with Crippen LogP contribution in [0, 0.1) is 5.21 Å². The van der Waals surface area contributed by atoms with E-state index in [4.69, 9.17) is 4.55 Å². The van der Waals surface area contributed by atoms with Crippen LogP contribution in [-0.2, 0) is 17.8 Å². The summed E-state index contributed by atoms with van der Waals surface area (Å²) < 4.78 is 33.7. The van der Waals surface area contributed by atoms with Crippen molar-refractivity contribution in [2.24, 2.45) is 0 Å². The molecule has 0 rings (SSSR count). The van der Waals surface area contributed by atoms with Crippen molar-refractivity contribution in [3.05, 3.63) is 5.21 Å². The zero-order valence-corrected chi connectivity index (χ0v) is 6.70. The summed E-state index contributed by atoms with van der Waals surface area (Å²) in [5, 5.41) is 8.99. The van der Waals surface area contributed by atoms with Gasteiger partial charge in [-0.2, -0.15) is 8.42 Å². The standard InChI is InChI=1S/HINO6S/c1-7-2(3)8-9(4,5)6/h(H,4,5,6)/q-1. The predicted molar refractivity (Wildman–Crippen MR) is 32.9 cm³/mol. The van der Waals surface area contributed by atoms with E-state index in [2.05, 4.69) is 7.45 Å². The number of hydrogen-bond acceptors (Lipinski definition) is 6. The van der Waals surface area contributed by atoms with Crippen LogP contribution in [0.4, 0.5) is 0 Å². The van der Waals surface area contributed by atoms with Crippen molar-refractivity contribution >= 4 is 33.4 Å². The molecule has 0 radical (unpaired) electrons. The minimum Gasteiger partial charge on any atom is -0.736 e. The summed E-state index contributed by atoms with van der Waals surface area (Å²) in [6.45, 7) is 0. The molecule has 0 heterocycles. The number of halogens is 1. The van der Waals surface area contributed by atoms with Gasteiger partial charge in [-0.25, -0.2) is 3.17 Å². The topological polar surface area (TPSA) is 99.1 Å². The molecule has 0 aliphatic rings. The van der Waals surface area contributed by atoms with E-state index in [0.29, 0.717) is 0 Å². The van der Waals surface area contributed by atoms with E-state index in [9.17, 15) is 13.6 Å². The van der Waals surface area contributed by atoms with Crippen LogP contribution in [0.25, 0.3) is 0 Å². The van der Waals surface area contributed by atoms with Crippen LogP contribution >= 0.6 is 23.0 Å². The van der Waals surface area contributed by atoms with Crippen LogP contribution in [0.15, 0.2) is 0 Å². The SMILES string of the molecule is O=S(=O)(O)ON([O-])OI. The number of hydrogen-bond donors (Lipinski definition) is 1. The Kier molecular flexibility index (Phi) is 3.79. The van der Waals surface area contributed by atoms with E-state index < -0.39 is 15.8 Å². The molecule has 0 aliphatic carbocycles. The highest BCUT2D eigenvalue weighted by Gasteiger charge is 2.05. The normalized spacial score (nSPS) is 12.4. The smallest absolute Gasteiger partial charge is 0.414 e. The van der Waals surface area contributed by atoms with Gasteiger partial charge in [-0.1, -0.05) is 0 Å². The lowest BCUT2D eigenvalue weighted by Gasteiger charge is -2.17. The van der Waals surface area contributed by atoms with Crippen LogP contribution < -0.4 is 0 Å². The zero-order chi connectivity index (χ0) is 7.49. The third kappa shape index (κ3) is 6.36. The molecule has 0 aromatic carbocycles. The molecule has 7 nitrogen and oxygen atoms in total. The lowest BCUT2D eigenvalue weighted by molar-refractivity contribution is -0.187. The Labute approximate surface area is 64.7 Å². The predicted octanol–water partition coefficient (Wildman–Crippen LogP) is -0.198. The highest BCUT2D eigenvalue weighted by atomic mass is 127. The molecule has 0 saturated carbocycles. The Balaban J connectivity index is 3.75. The van der Waals surface area contributed by atoms with Gasteiger partial charge in [0, 0.05) is 0 Å². The van der Waals surface area contributed by atoms with Gasteiger partial charge in [0.05, 0.1) is 0 Å². The molecule has 0 aliphatic heterocycles. The van der Waals surface area contributed by atoms with Gasteiger partial charge in [-0.3, -0.25) is 4.55 Å². The fraction of sp³-hybridized carbons (Fsp3) is 0. The van der Waals surface area contributed by atoms with Gasteiger partial charge in [-0.05, 0) is 0 Å². The fourth-order valence-electron chi connectivity index (χ4n) is 0.0884. The maximum absolute atomic E-state index is 9.75. The third-order valence-corrected chi connectivity index (χ3v) is 0.843. The zero-order valence-electron chi connectivity index (χ0n) is 3.72. The van der Waals surface area contributed by atoms with E-state index in [1.165, 1.54) is 0 Å². The maximum atomic E-state index is 9.75. The monoisotopic (exact) mass is 270 g/mol. The quantitative estimate of drug-likeness (QED) is 0.430. The number of nitrogens with zero attached hydrogens (tertiary/aromatic N) is 1. The van der Waals surface area contributed by atoms with Crippen molar-refractivity contribution in [2.45, 2.75) is 0 Å². The van der Waals surface area contributed by atoms with Crippen LogP contribution in [0.3, 0.4) is 0 Å². The molecule has 0 saturated heterocycles. The summed E-state index contributed by atoms with van der Waals surface area (Å²) >= 11 is 1.07. The van der Waals surface area contributed by atoms with E-state index in [-0.39, 0.29) is 0 Å². The second kappa shape index (κ2) is 3.60. The highest BCUT2D eigenvalue weighted by Crippen LogP contribution is 1.98. The van der Waals surface area contributed by atoms with Gasteiger partial charge in [0.25, 0.3) is 0 Å². The lowest BCUT2D eigenvalue weighted by atomic mass is 13.0. The summed E-state index contributed by atoms with van der Waals surface area (Å²) in [4.78, 5) is 0. The Morgan fingerprint density at radius 2 is 2.11 bits per heavy atom. The third-order valence-electron chi connectivity index (χ3n) is 0.211. The first-order valence-corrected chi connectivity index (χ1v) is 3.63. The summed E-state index contributed by atoms with van der Waals surface area (Å²) in [5.41, 5.74) is 0. The second-order valence-electron chi connectivity index (χ2n) is 0.795. The first kappa shape index (κ1) is 9.48. The number of rotatable bonds is 3. The molecular formula is HINO6S-. The van der Waals surface area contributed by atoms with Gasteiger partial charge in [-0.15, -0.1) is 9.67 Å². The van der Waals surface area contributed by atoms with Crippen LogP contribution in [0.2, 0.25) is 0 Å². The van der Waals surface area contributed by atoms with Gasteiger partial charge in [0.2, 0.25) is 0 Å². The summed E-state index contributed by atoms with van der Waals surface area (Å²) in [5.74, 6) is 0. The molecule has 0 spiro atoms. The van der Waals surface area contributed by atoms with Gasteiger partial charge < -0.3 is 5.21 Å². The average Bonchev–Trinajstić information content (AvgIpc) is 1.62. The Hall–Kier alpha value is 0.480. The van der Waals surface area contributed by atoms with E-state index in [1.54, 1.807) is 0 Å². The molecule has 0 aromatic rings. The molecule has 0 aromatic heterocycles. The highest BCUT2D eigenvalue weighted by molar-refractivity contribution is 14.1. The molecule has 0 fully saturated rings.